The summed E-state index contributed by atoms with van der Waals surface area (Å²) in [4.78, 5) is 30.0. The van der Waals surface area contributed by atoms with Crippen molar-refractivity contribution in [3.63, 3.8) is 0 Å². The average molecular weight is 331 g/mol. The van der Waals surface area contributed by atoms with E-state index in [0.29, 0.717) is 19.6 Å². The van der Waals surface area contributed by atoms with E-state index < -0.39 is 6.04 Å². The Labute approximate surface area is 133 Å². The molecule has 1 aromatic heterocycles. The fourth-order valence-electron chi connectivity index (χ4n) is 2.38. The van der Waals surface area contributed by atoms with Gasteiger partial charge in [-0.3, -0.25) is 4.79 Å². The summed E-state index contributed by atoms with van der Waals surface area (Å²) < 4.78 is 5.04. The molecule has 1 unspecified atom stereocenters. The van der Waals surface area contributed by atoms with E-state index in [2.05, 4.69) is 4.98 Å². The first-order valence-electron chi connectivity index (χ1n) is 6.84. The van der Waals surface area contributed by atoms with Crippen molar-refractivity contribution < 1.29 is 14.3 Å². The third-order valence-corrected chi connectivity index (χ3v) is 3.87. The first-order valence-corrected chi connectivity index (χ1v) is 7.59. The molecule has 0 saturated carbocycles. The number of esters is 1. The topological polar surface area (TPSA) is 59.5 Å². The number of aromatic nitrogens is 1. The highest BCUT2D eigenvalue weighted by Crippen LogP contribution is 2.24. The first kappa shape index (κ1) is 16.0. The molecule has 1 aliphatic heterocycles. The van der Waals surface area contributed by atoms with Crippen LogP contribution < -0.4 is 0 Å². The zero-order chi connectivity index (χ0) is 15.4. The van der Waals surface area contributed by atoms with Gasteiger partial charge in [0.2, 0.25) is 0 Å². The van der Waals surface area contributed by atoms with Gasteiger partial charge in [-0.1, -0.05) is 23.2 Å². The van der Waals surface area contributed by atoms with Crippen molar-refractivity contribution >= 4 is 35.1 Å². The molecule has 1 saturated heterocycles. The molecule has 7 heteroatoms. The van der Waals surface area contributed by atoms with E-state index in [0.717, 1.165) is 12.8 Å². The third-order valence-electron chi connectivity index (χ3n) is 3.37. The quantitative estimate of drug-likeness (QED) is 0.631. The molecule has 1 amide bonds. The Balaban J connectivity index is 2.24. The van der Waals surface area contributed by atoms with Gasteiger partial charge in [-0.05, 0) is 38.3 Å². The molecule has 21 heavy (non-hydrogen) atoms. The van der Waals surface area contributed by atoms with E-state index >= 15 is 0 Å². The van der Waals surface area contributed by atoms with Crippen LogP contribution in [0.1, 0.15) is 36.5 Å². The van der Waals surface area contributed by atoms with Crippen LogP contribution in [0.15, 0.2) is 12.1 Å². The number of carbonyl (C=O) groups excluding carboxylic acids is 2. The highest BCUT2D eigenvalue weighted by atomic mass is 35.5. The van der Waals surface area contributed by atoms with Crippen molar-refractivity contribution in [2.24, 2.45) is 0 Å². The minimum atomic E-state index is -0.557. The molecule has 2 rings (SSSR count). The van der Waals surface area contributed by atoms with E-state index in [-0.39, 0.29) is 27.7 Å². The van der Waals surface area contributed by atoms with Crippen molar-refractivity contribution in [1.29, 1.82) is 0 Å². The van der Waals surface area contributed by atoms with Gasteiger partial charge in [0.25, 0.3) is 5.91 Å². The fourth-order valence-corrected chi connectivity index (χ4v) is 2.81. The number of pyridine rings is 1. The molecule has 114 valence electrons. The molecule has 1 aromatic rings. The van der Waals surface area contributed by atoms with E-state index in [4.69, 9.17) is 27.9 Å². The number of nitrogens with zero attached hydrogens (tertiary/aromatic N) is 2. The lowest BCUT2D eigenvalue weighted by Gasteiger charge is -2.34. The van der Waals surface area contributed by atoms with E-state index in [1.807, 2.05) is 0 Å². The third kappa shape index (κ3) is 3.66. The second kappa shape index (κ2) is 7.09. The van der Waals surface area contributed by atoms with Crippen LogP contribution in [0.2, 0.25) is 10.3 Å². The molecule has 5 nitrogen and oxygen atoms in total. The van der Waals surface area contributed by atoms with Crippen LogP contribution in [-0.2, 0) is 9.53 Å². The summed E-state index contributed by atoms with van der Waals surface area (Å²) >= 11 is 11.7. The molecule has 0 aliphatic carbocycles. The number of hydrogen-bond acceptors (Lipinski definition) is 4. The summed E-state index contributed by atoms with van der Waals surface area (Å²) in [5, 5.41) is 0.262. The van der Waals surface area contributed by atoms with Crippen molar-refractivity contribution in [2.45, 2.75) is 32.2 Å². The molecule has 0 spiro atoms. The van der Waals surface area contributed by atoms with Gasteiger partial charge in [-0.2, -0.15) is 0 Å². The summed E-state index contributed by atoms with van der Waals surface area (Å²) in [6.07, 6.45) is 2.34. The maximum Gasteiger partial charge on any atom is 0.328 e. The summed E-state index contributed by atoms with van der Waals surface area (Å²) in [6, 6.07) is 2.47. The van der Waals surface area contributed by atoms with Gasteiger partial charge in [-0.25, -0.2) is 9.78 Å². The molecule has 1 fully saturated rings. The Morgan fingerprint density at radius 3 is 2.81 bits per heavy atom. The first-order chi connectivity index (χ1) is 10.0. The normalized spacial score (nSPS) is 18.4. The molecule has 0 bridgehead atoms. The van der Waals surface area contributed by atoms with Gasteiger partial charge in [0.15, 0.2) is 0 Å². The Morgan fingerprint density at radius 1 is 1.38 bits per heavy atom. The molecule has 2 heterocycles. The average Bonchev–Trinajstić information content (AvgIpc) is 2.47. The Kier molecular flexibility index (Phi) is 5.42. The lowest BCUT2D eigenvalue weighted by atomic mass is 10.0. The second-order valence-electron chi connectivity index (χ2n) is 4.73. The lowest BCUT2D eigenvalue weighted by Crippen LogP contribution is -2.48. The van der Waals surface area contributed by atoms with Gasteiger partial charge in [0.05, 0.1) is 12.2 Å². The summed E-state index contributed by atoms with van der Waals surface area (Å²) in [5.41, 5.74) is 0.247. The number of ether oxygens (including phenoxy) is 1. The van der Waals surface area contributed by atoms with Crippen LogP contribution in [0.25, 0.3) is 0 Å². The van der Waals surface area contributed by atoms with E-state index in [1.54, 1.807) is 6.92 Å². The van der Waals surface area contributed by atoms with E-state index in [9.17, 15) is 9.59 Å². The highest BCUT2D eigenvalue weighted by molar-refractivity contribution is 6.34. The predicted octanol–water partition coefficient (Wildman–Crippen LogP) is 2.95. The van der Waals surface area contributed by atoms with Crippen LogP contribution in [0, 0.1) is 0 Å². The highest BCUT2D eigenvalue weighted by Gasteiger charge is 2.34. The van der Waals surface area contributed by atoms with Crippen molar-refractivity contribution in [3.05, 3.63) is 28.0 Å². The maximum atomic E-state index is 12.6. The lowest BCUT2D eigenvalue weighted by molar-refractivity contribution is -0.149. The zero-order valence-electron chi connectivity index (χ0n) is 11.6. The largest absolute Gasteiger partial charge is 0.464 e. The fraction of sp³-hybridized carbons (Fsp3) is 0.500. The molecule has 0 N–H and O–H groups in total. The van der Waals surface area contributed by atoms with Gasteiger partial charge in [0, 0.05) is 6.54 Å². The number of carbonyl (C=O) groups is 2. The van der Waals surface area contributed by atoms with Gasteiger partial charge in [0.1, 0.15) is 16.3 Å². The van der Waals surface area contributed by atoms with E-state index in [1.165, 1.54) is 17.0 Å². The number of rotatable bonds is 3. The SMILES string of the molecule is CCOC(=O)C1CCCCN1C(=O)c1ccc(Cl)nc1Cl. The predicted molar refractivity (Wildman–Crippen MR) is 79.6 cm³/mol. The Morgan fingerprint density at radius 2 is 2.14 bits per heavy atom. The number of amides is 1. The van der Waals surface area contributed by atoms with Crippen LogP contribution >= 0.6 is 23.2 Å². The monoisotopic (exact) mass is 330 g/mol. The molecule has 1 atom stereocenters. The number of hydrogen-bond donors (Lipinski definition) is 0. The number of halogens is 2. The van der Waals surface area contributed by atoms with Crippen LogP contribution in [0.5, 0.6) is 0 Å². The Hall–Kier alpha value is -1.33. The summed E-state index contributed by atoms with van der Waals surface area (Å²) in [6.45, 7) is 2.54. The molecule has 1 aliphatic rings. The van der Waals surface area contributed by atoms with Crippen molar-refractivity contribution in [2.75, 3.05) is 13.2 Å². The van der Waals surface area contributed by atoms with Crippen LogP contribution in [-0.4, -0.2) is 41.0 Å². The summed E-state index contributed by atoms with van der Waals surface area (Å²) in [5.74, 6) is -0.689. The smallest absolute Gasteiger partial charge is 0.328 e. The van der Waals surface area contributed by atoms with Crippen LogP contribution in [0.4, 0.5) is 0 Å². The number of piperidine rings is 1. The maximum absolute atomic E-state index is 12.6. The van der Waals surface area contributed by atoms with Crippen molar-refractivity contribution in [1.82, 2.24) is 9.88 Å². The summed E-state index contributed by atoms with van der Waals surface area (Å²) in [7, 11) is 0. The minimum Gasteiger partial charge on any atom is -0.464 e. The van der Waals surface area contributed by atoms with Crippen LogP contribution in [0.3, 0.4) is 0 Å². The molecule has 0 aromatic carbocycles. The second-order valence-corrected chi connectivity index (χ2v) is 5.48. The zero-order valence-corrected chi connectivity index (χ0v) is 13.2. The minimum absolute atomic E-state index is 0.0423. The Bertz CT molecular complexity index is 551. The van der Waals surface area contributed by atoms with Crippen molar-refractivity contribution in [3.8, 4) is 0 Å². The number of likely N-dealkylation sites (tertiary alicyclic amines) is 1. The van der Waals surface area contributed by atoms with Gasteiger partial charge < -0.3 is 9.64 Å². The molecular formula is C14H16Cl2N2O3. The molecule has 0 radical (unpaired) electrons. The van der Waals surface area contributed by atoms with Gasteiger partial charge in [-0.15, -0.1) is 0 Å². The standard InChI is InChI=1S/C14H16Cl2N2O3/c1-2-21-14(20)10-5-3-4-8-18(10)13(19)9-6-7-11(15)17-12(9)16/h6-7,10H,2-5,8H2,1H3. The molecular weight excluding hydrogens is 315 g/mol. The van der Waals surface area contributed by atoms with Gasteiger partial charge >= 0.3 is 5.97 Å².